The van der Waals surface area contributed by atoms with E-state index < -0.39 is 0 Å². The zero-order valence-electron chi connectivity index (χ0n) is 17.3. The molecular weight excluding hydrogens is 384 g/mol. The molecule has 2 aliphatic heterocycles. The molecular formula is C23H29N2O3S+. The highest BCUT2D eigenvalue weighted by Crippen LogP contribution is 2.25. The summed E-state index contributed by atoms with van der Waals surface area (Å²) in [6.07, 6.45) is 1.62. The van der Waals surface area contributed by atoms with Gasteiger partial charge in [-0.1, -0.05) is 0 Å². The summed E-state index contributed by atoms with van der Waals surface area (Å²) < 4.78 is 5.59. The molecule has 3 heterocycles. The number of thiophene rings is 1. The number of hydrogen-bond acceptors (Lipinski definition) is 4. The first-order valence-corrected chi connectivity index (χ1v) is 11.3. The molecule has 0 aliphatic carbocycles. The van der Waals surface area contributed by atoms with Crippen molar-refractivity contribution in [2.45, 2.75) is 39.7 Å². The maximum absolute atomic E-state index is 12.6. The Bertz CT molecular complexity index is 913. The van der Waals surface area contributed by atoms with Crippen LogP contribution in [0.25, 0.3) is 0 Å². The molecule has 0 spiro atoms. The molecule has 0 unspecified atom stereocenters. The molecule has 6 heteroatoms. The lowest BCUT2D eigenvalue weighted by Crippen LogP contribution is -3.13. The van der Waals surface area contributed by atoms with E-state index in [4.69, 9.17) is 4.74 Å². The number of ketones is 1. The van der Waals surface area contributed by atoms with Gasteiger partial charge >= 0.3 is 0 Å². The fourth-order valence-electron chi connectivity index (χ4n) is 4.31. The predicted molar refractivity (Wildman–Crippen MR) is 114 cm³/mol. The summed E-state index contributed by atoms with van der Waals surface area (Å²) in [7, 11) is 0. The molecule has 0 bridgehead atoms. The number of rotatable bonds is 6. The molecule has 1 N–H and O–H groups in total. The molecule has 1 aromatic carbocycles. The maximum atomic E-state index is 12.6. The first-order valence-electron chi connectivity index (χ1n) is 10.5. The zero-order chi connectivity index (χ0) is 20.4. The van der Waals surface area contributed by atoms with Crippen LogP contribution < -0.4 is 9.64 Å². The second-order valence-corrected chi connectivity index (χ2v) is 9.56. The van der Waals surface area contributed by atoms with Crippen LogP contribution in [0.1, 0.15) is 44.1 Å². The highest BCUT2D eigenvalue weighted by molar-refractivity contribution is 7.12. The Balaban J connectivity index is 1.23. The molecule has 5 nitrogen and oxygen atoms in total. The third-order valence-corrected chi connectivity index (χ3v) is 6.90. The van der Waals surface area contributed by atoms with Crippen LogP contribution in [0.5, 0.6) is 5.75 Å². The van der Waals surface area contributed by atoms with Gasteiger partial charge in [0, 0.05) is 40.1 Å². The normalized spacial score (nSPS) is 16.6. The zero-order valence-corrected chi connectivity index (χ0v) is 18.1. The smallest absolute Gasteiger partial charge is 0.223 e. The van der Waals surface area contributed by atoms with Crippen molar-refractivity contribution in [1.29, 1.82) is 0 Å². The lowest BCUT2D eigenvalue weighted by molar-refractivity contribution is -0.917. The van der Waals surface area contributed by atoms with Crippen LogP contribution in [0.15, 0.2) is 24.3 Å². The average Bonchev–Trinajstić information content (AvgIpc) is 3.31. The van der Waals surface area contributed by atoms with Crippen molar-refractivity contribution in [3.63, 3.8) is 0 Å². The van der Waals surface area contributed by atoms with Gasteiger partial charge in [-0.05, 0) is 43.7 Å². The Labute approximate surface area is 176 Å². The molecule has 0 atom stereocenters. The van der Waals surface area contributed by atoms with Gasteiger partial charge in [0.2, 0.25) is 5.91 Å². The quantitative estimate of drug-likeness (QED) is 0.739. The van der Waals surface area contributed by atoms with E-state index in [0.717, 1.165) is 66.8 Å². The first kappa shape index (κ1) is 20.1. The van der Waals surface area contributed by atoms with Crippen LogP contribution in [0.3, 0.4) is 0 Å². The SMILES string of the molecule is Cc1cc(C(=O)CCC(=O)N2CC[NH+](Cc3ccc4c(c3)CCO4)CC2)c(C)s1. The molecule has 29 heavy (non-hydrogen) atoms. The first-order chi connectivity index (χ1) is 14.0. The fourth-order valence-corrected chi connectivity index (χ4v) is 5.25. The van der Waals surface area contributed by atoms with Gasteiger partial charge in [-0.15, -0.1) is 11.3 Å². The summed E-state index contributed by atoms with van der Waals surface area (Å²) in [6, 6.07) is 8.46. The molecule has 2 aromatic rings. The number of Topliss-reactive ketones (excluding diaryl/α,β-unsaturated/α-hetero) is 1. The van der Waals surface area contributed by atoms with Crippen molar-refractivity contribution in [2.75, 3.05) is 32.8 Å². The largest absolute Gasteiger partial charge is 0.493 e. The number of hydrogen-bond donors (Lipinski definition) is 1. The lowest BCUT2D eigenvalue weighted by Gasteiger charge is -2.32. The van der Waals surface area contributed by atoms with Gasteiger partial charge in [0.1, 0.15) is 12.3 Å². The summed E-state index contributed by atoms with van der Waals surface area (Å²) in [5.41, 5.74) is 3.45. The topological polar surface area (TPSA) is 51.0 Å². The summed E-state index contributed by atoms with van der Waals surface area (Å²) in [4.78, 5) is 30.6. The number of piperazine rings is 1. The van der Waals surface area contributed by atoms with Gasteiger partial charge in [0.05, 0.1) is 32.8 Å². The van der Waals surface area contributed by atoms with Crippen LogP contribution in [-0.2, 0) is 17.8 Å². The van der Waals surface area contributed by atoms with Crippen LogP contribution in [0.2, 0.25) is 0 Å². The second kappa shape index (κ2) is 8.67. The number of benzene rings is 1. The summed E-state index contributed by atoms with van der Waals surface area (Å²) in [6.45, 7) is 9.22. The average molecular weight is 414 g/mol. The van der Waals surface area contributed by atoms with E-state index in [9.17, 15) is 9.59 Å². The Kier molecular flexibility index (Phi) is 6.01. The highest BCUT2D eigenvalue weighted by Gasteiger charge is 2.25. The molecule has 0 radical (unpaired) electrons. The van der Waals surface area contributed by atoms with E-state index in [2.05, 4.69) is 18.2 Å². The Morgan fingerprint density at radius 1 is 1.14 bits per heavy atom. The Morgan fingerprint density at radius 3 is 2.66 bits per heavy atom. The van der Waals surface area contributed by atoms with E-state index in [0.29, 0.717) is 12.8 Å². The summed E-state index contributed by atoms with van der Waals surface area (Å²) in [5.74, 6) is 1.23. The van der Waals surface area contributed by atoms with Crippen molar-refractivity contribution in [3.8, 4) is 5.75 Å². The van der Waals surface area contributed by atoms with Gasteiger partial charge in [-0.3, -0.25) is 9.59 Å². The molecule has 4 rings (SSSR count). The number of aryl methyl sites for hydroxylation is 2. The standard InChI is InChI=1S/C23H28N2O3S/c1-16-13-20(17(2)29-16)21(26)4-6-23(27)25-10-8-24(9-11-25)15-18-3-5-22-19(14-18)7-12-28-22/h3,5,13-14H,4,6-12,15H2,1-2H3/p+1. The third-order valence-electron chi connectivity index (χ3n) is 5.94. The van der Waals surface area contributed by atoms with Crippen LogP contribution >= 0.6 is 11.3 Å². The fraction of sp³-hybridized carbons (Fsp3) is 0.478. The molecule has 0 saturated carbocycles. The predicted octanol–water partition coefficient (Wildman–Crippen LogP) is 2.19. The minimum Gasteiger partial charge on any atom is -0.493 e. The number of quaternary nitrogens is 1. The molecule has 154 valence electrons. The molecule has 1 amide bonds. The monoisotopic (exact) mass is 413 g/mol. The minimum atomic E-state index is 0.0880. The van der Waals surface area contributed by atoms with Crippen molar-refractivity contribution in [3.05, 3.63) is 50.7 Å². The van der Waals surface area contributed by atoms with Gasteiger partial charge in [-0.2, -0.15) is 0 Å². The van der Waals surface area contributed by atoms with E-state index in [1.807, 2.05) is 24.8 Å². The maximum Gasteiger partial charge on any atom is 0.223 e. The van der Waals surface area contributed by atoms with Gasteiger partial charge < -0.3 is 14.5 Å². The Hall–Kier alpha value is -2.18. The highest BCUT2D eigenvalue weighted by atomic mass is 32.1. The molecule has 2 aliphatic rings. The van der Waals surface area contributed by atoms with E-state index in [-0.39, 0.29) is 11.7 Å². The van der Waals surface area contributed by atoms with Gasteiger partial charge in [0.15, 0.2) is 5.78 Å². The number of amides is 1. The number of fused-ring (bicyclic) bond motifs is 1. The Morgan fingerprint density at radius 2 is 1.93 bits per heavy atom. The number of ether oxygens (including phenoxy) is 1. The van der Waals surface area contributed by atoms with E-state index in [1.165, 1.54) is 16.0 Å². The number of carbonyl (C=O) groups excluding carboxylic acids is 2. The van der Waals surface area contributed by atoms with Crippen molar-refractivity contribution in [1.82, 2.24) is 4.90 Å². The lowest BCUT2D eigenvalue weighted by atomic mass is 10.1. The number of nitrogens with zero attached hydrogens (tertiary/aromatic N) is 1. The second-order valence-electron chi connectivity index (χ2n) is 8.10. The van der Waals surface area contributed by atoms with Gasteiger partial charge in [-0.25, -0.2) is 0 Å². The van der Waals surface area contributed by atoms with Crippen LogP contribution in [0.4, 0.5) is 0 Å². The van der Waals surface area contributed by atoms with E-state index >= 15 is 0 Å². The van der Waals surface area contributed by atoms with Crippen LogP contribution in [0, 0.1) is 13.8 Å². The van der Waals surface area contributed by atoms with Gasteiger partial charge in [0.25, 0.3) is 0 Å². The molecule has 1 saturated heterocycles. The third kappa shape index (κ3) is 4.70. The molecule has 1 aromatic heterocycles. The summed E-state index contributed by atoms with van der Waals surface area (Å²) in [5, 5.41) is 0. The van der Waals surface area contributed by atoms with Crippen molar-refractivity contribution < 1.29 is 19.2 Å². The van der Waals surface area contributed by atoms with Crippen molar-refractivity contribution >= 4 is 23.0 Å². The number of nitrogens with one attached hydrogen (secondary N) is 1. The number of carbonyl (C=O) groups is 2. The van der Waals surface area contributed by atoms with Crippen LogP contribution in [-0.4, -0.2) is 49.4 Å². The summed E-state index contributed by atoms with van der Waals surface area (Å²) >= 11 is 1.64. The minimum absolute atomic E-state index is 0.0880. The van der Waals surface area contributed by atoms with E-state index in [1.54, 1.807) is 11.3 Å². The molecule has 1 fully saturated rings. The van der Waals surface area contributed by atoms with Crippen molar-refractivity contribution in [2.24, 2.45) is 0 Å².